The molecular weight excluding hydrogens is 2680 g/mol. The van der Waals surface area contributed by atoms with Crippen LogP contribution in [0.4, 0.5) is 11.4 Å². The molecule has 12 unspecified atom stereocenters. The summed E-state index contributed by atoms with van der Waals surface area (Å²) < 4.78 is 89.4. The SMILES string of the molecule is C.C.CNCNP1(Cl)=NP(Cl)(Cl)=NP(Cl)(NCNP2(Cl)=NP(Cl)(Cl)=NP(C)(Cl)=N2)=N1.CNCNP1(S)=NP(S)(S)=NP(S)(NCNP2(S)=NP(S)(S)=NP(C)(S)=N2)=N1.CNCNP1([S-])=NP([S-])([S-])=NP([S-])(NCNP2([S-])=NP([S-])([S-])=NP(C)([S-])=N2)=N1.ClP1(Cl)=NP(Cl)(Cl)=NP(Cl)(Cl)=N1.Nc1ccc(N)cc1.O.[Na+].[Na+].[Na+].[Na+].[Na+].[Na+].[Na+].[Na+].[Na+].[Na+].[OH-].[SH-]. The Bertz CT molecular complexity index is 4320. The molecule has 1 aromatic rings. The third kappa shape index (κ3) is 69.6. The van der Waals surface area contributed by atoms with Gasteiger partial charge in [-0.2, -0.15) is 69.9 Å². The first kappa shape index (κ1) is 167. The molecule has 0 aliphatic carbocycles. The van der Waals surface area contributed by atoms with Gasteiger partial charge in [0.15, 0.2) is 37.4 Å². The zero-order valence-electron chi connectivity index (χ0n) is 63.0. The van der Waals surface area contributed by atoms with Crippen molar-refractivity contribution in [3.8, 4) is 0 Å². The number of nitrogen functional groups attached to an aromatic ring is 2. The van der Waals surface area contributed by atoms with E-state index < -0.39 is 131 Å². The van der Waals surface area contributed by atoms with E-state index in [-0.39, 0.29) is 355 Å². The molecule has 19 N–H and O–H groups in total. The van der Waals surface area contributed by atoms with Gasteiger partial charge < -0.3 is 154 Å². The maximum absolute atomic E-state index is 6.53. The molecular formula is C20H70Cl14N35Na10O2P21S17. The molecule has 0 saturated heterocycles. The van der Waals surface area contributed by atoms with Crippen molar-refractivity contribution in [2.45, 2.75) is 14.9 Å². The van der Waals surface area contributed by atoms with E-state index in [1.54, 1.807) is 58.7 Å². The Kier molecular flexibility index (Phi) is 99.1. The van der Waals surface area contributed by atoms with E-state index in [1.165, 1.54) is 0 Å². The fourth-order valence-electron chi connectivity index (χ4n) is 6.30. The predicted octanol–water partition coefficient (Wildman–Crippen LogP) is 0.813. The van der Waals surface area contributed by atoms with Gasteiger partial charge in [-0.15, -0.1) is 61.2 Å². The van der Waals surface area contributed by atoms with Crippen LogP contribution in [-0.2, 0) is 111 Å². The Balaban J connectivity index is -0.000000122. The minimum Gasteiger partial charge on any atom is -0.870 e. The molecule has 0 radical (unpaired) electrons. The largest absolute Gasteiger partial charge is 1.00 e. The summed E-state index contributed by atoms with van der Waals surface area (Å²) in [5.74, 6) is -14.9. The first-order valence-corrected chi connectivity index (χ1v) is 92.2. The van der Waals surface area contributed by atoms with Crippen LogP contribution in [0.3, 0.4) is 0 Å². The molecule has 7 heterocycles. The first-order chi connectivity index (χ1) is 46.4. The fraction of sp³-hybridized carbons (Fsp3) is 0.700. The van der Waals surface area contributed by atoms with E-state index in [2.05, 4.69) is 255 Å². The van der Waals surface area contributed by atoms with Crippen LogP contribution in [0.15, 0.2) is 119 Å². The molecule has 37 nitrogen and oxygen atoms in total. The number of nitrogens with one attached hydrogen (secondary N) is 12. The molecule has 0 fully saturated rings. The molecule has 7 aliphatic rings. The van der Waals surface area contributed by atoms with Crippen molar-refractivity contribution in [2.75, 3.05) is 92.6 Å². The van der Waals surface area contributed by atoms with Crippen LogP contribution < -0.4 is 369 Å². The first-order valence-electron chi connectivity index (χ1n) is 25.3. The average molecular weight is 2750 g/mol. The molecule has 99 heteroatoms. The van der Waals surface area contributed by atoms with Gasteiger partial charge in [0.25, 0.3) is 29.6 Å². The molecule has 8 rings (SSSR count). The summed E-state index contributed by atoms with van der Waals surface area (Å²) in [5.41, 5.74) is 1.70. The minimum absolute atomic E-state index is 0. The Morgan fingerprint density at radius 1 is 0.311 bits per heavy atom. The van der Waals surface area contributed by atoms with E-state index in [1.807, 2.05) is 6.66 Å². The Hall–Kier alpha value is 23.1. The molecule has 0 bridgehead atoms. The Morgan fingerprint density at radius 3 is 0.975 bits per heavy atom. The van der Waals surface area contributed by atoms with Gasteiger partial charge in [0.05, 0.1) is 33.3 Å². The summed E-state index contributed by atoms with van der Waals surface area (Å²) in [6.07, 6.45) is -4.63. The molecule has 0 spiro atoms. The number of anilines is 2. The van der Waals surface area contributed by atoms with Crippen LogP contribution in [0.5, 0.6) is 0 Å². The fourth-order valence-corrected chi connectivity index (χ4v) is 130. The zero-order valence-corrected chi connectivity index (χ0v) is 127. The van der Waals surface area contributed by atoms with Crippen LogP contribution in [0.2, 0.25) is 0 Å². The second-order valence-corrected chi connectivity index (χ2v) is 113. The Morgan fingerprint density at radius 2 is 0.588 bits per heavy atom. The predicted molar refractivity (Wildman–Crippen MR) is 574 cm³/mol. The number of thiol groups is 9. The van der Waals surface area contributed by atoms with E-state index in [9.17, 15) is 0 Å². The van der Waals surface area contributed by atoms with Crippen molar-refractivity contribution in [1.29, 1.82) is 0 Å². The number of halogens is 14. The number of nitrogens with zero attached hydrogens (tertiary/aromatic N) is 21. The minimum atomic E-state index is -3.13. The molecule has 0 aromatic heterocycles. The standard InChI is InChI=1S/C6H8N2.C4H14Cl8N10P6.C4H22N10P6S8.C4H14N10P6S8.2CH4.Cl6N3P3.10Na.2H2O.H2S/c7-5-1-2-6(8)4-3-5;1-13-3-14-27(11)20-25(8,9)21-28(12,22-27)16-4-15-26(10)18-23(2,5)17-24(6,7)19-26;2*1-5-3-6-17(23)11-18(24,14-20(27,28)13-17)8-4-7-16(22)9-15(2,21)10-19(25,26)12-16;;;1-10(2)7-11(3,4)9-12(5,6)8-10;;;;;;;;;;;;;/h1-4H,7-8H2;13-16H,3-4H2,1-2H3;5-8,21-28H,3-4H2,1-2H3;5-8H,3-4H2,1-2H3;2*1H4;;;;;;;;;;;;3*1H2/q;;;-8;;;;10*+1;;;/p-2. The number of hydrogen-bond acceptors (Lipinski definition) is 45. The number of nitrogens with two attached hydrogens (primary N) is 2. The van der Waals surface area contributed by atoms with Gasteiger partial charge in [-0.1, -0.05) is 69.2 Å². The molecule has 0 saturated carbocycles. The number of benzene rings is 1. The second kappa shape index (κ2) is 70.6. The third-order valence-corrected chi connectivity index (χ3v) is 98.5. The van der Waals surface area contributed by atoms with E-state index in [4.69, 9.17) is 267 Å². The smallest absolute Gasteiger partial charge is 0.870 e. The van der Waals surface area contributed by atoms with Crippen molar-refractivity contribution >= 4 is 509 Å². The molecule has 119 heavy (non-hydrogen) atoms. The van der Waals surface area contributed by atoms with Crippen LogP contribution in [0.1, 0.15) is 14.9 Å². The van der Waals surface area contributed by atoms with Gasteiger partial charge in [0.1, 0.15) is 6.41 Å². The van der Waals surface area contributed by atoms with Crippen molar-refractivity contribution in [3.05, 3.63) is 24.3 Å². The van der Waals surface area contributed by atoms with Gasteiger partial charge in [-0.3, -0.25) is 37.8 Å². The molecule has 1 aromatic carbocycles. The maximum atomic E-state index is 6.53. The van der Waals surface area contributed by atoms with E-state index in [0.29, 0.717) is 20.0 Å². The van der Waals surface area contributed by atoms with Crippen molar-refractivity contribution in [3.63, 3.8) is 0 Å². The maximum Gasteiger partial charge on any atom is 1.00 e. The van der Waals surface area contributed by atoms with Gasteiger partial charge in [0.2, 0.25) is 20.1 Å². The van der Waals surface area contributed by atoms with E-state index >= 15 is 0 Å². The summed E-state index contributed by atoms with van der Waals surface area (Å²) >= 11 is 164. The summed E-state index contributed by atoms with van der Waals surface area (Å²) in [6.45, 7) is -21.2. The van der Waals surface area contributed by atoms with Crippen molar-refractivity contribution in [1.82, 2.24) is 61.7 Å². The van der Waals surface area contributed by atoms with Crippen molar-refractivity contribution < 1.29 is 307 Å². The van der Waals surface area contributed by atoms with Gasteiger partial charge in [-0.05, 0) is 205 Å². The molecule has 12 atom stereocenters. The average Bonchev–Trinajstić information content (AvgIpc) is 0.772. The normalized spacial score (nSPS) is 32.8. The summed E-state index contributed by atoms with van der Waals surface area (Å²) in [5, 5.41) is 36.3. The summed E-state index contributed by atoms with van der Waals surface area (Å²) in [7, 11) is 5.28. The Labute approximate surface area is 1080 Å². The zero-order chi connectivity index (χ0) is 80.1. The van der Waals surface area contributed by atoms with Crippen LogP contribution in [0.25, 0.3) is 0 Å². The van der Waals surface area contributed by atoms with E-state index in [0.717, 1.165) is 11.4 Å². The van der Waals surface area contributed by atoms with Gasteiger partial charge in [0, 0.05) is 44.4 Å². The number of rotatable bonds is 21. The van der Waals surface area contributed by atoms with Gasteiger partial charge in [-0.25, -0.2) is 39.6 Å². The van der Waals surface area contributed by atoms with Gasteiger partial charge >= 0.3 is 296 Å². The third-order valence-electron chi connectivity index (χ3n) is 9.23. The van der Waals surface area contributed by atoms with Crippen LogP contribution in [0, 0.1) is 0 Å². The monoisotopic (exact) mass is 2750 g/mol. The summed E-state index contributed by atoms with van der Waals surface area (Å²) in [6, 6.07) is 7.09. The quantitative estimate of drug-likeness (QED) is 0.0202. The van der Waals surface area contributed by atoms with Crippen LogP contribution in [-0.4, -0.2) is 92.1 Å². The molecule has 7 aliphatic heterocycles. The van der Waals surface area contributed by atoms with Crippen molar-refractivity contribution in [2.24, 2.45) is 94.8 Å². The number of hydrogen-bond donors (Lipinski definition) is 22. The molecule has 652 valence electrons. The second-order valence-electron chi connectivity index (χ2n) is 18.8. The summed E-state index contributed by atoms with van der Waals surface area (Å²) in [4.78, 5) is 0. The molecule has 0 amide bonds. The topological polar surface area (TPSA) is 517 Å². The van der Waals surface area contributed by atoms with Crippen LogP contribution >= 0.6 is 386 Å².